The van der Waals surface area contributed by atoms with Crippen molar-refractivity contribution in [1.82, 2.24) is 19.9 Å². The van der Waals surface area contributed by atoms with Crippen molar-refractivity contribution in [3.05, 3.63) is 58.4 Å². The van der Waals surface area contributed by atoms with Gasteiger partial charge in [0.15, 0.2) is 5.82 Å². The molecule has 0 unspecified atom stereocenters. The maximum Gasteiger partial charge on any atom is 0.229 e. The standard InChI is InChI=1S/C27H34ClN6OP/c1-18-14-24(36(2,3)35)26(29-16-18)32-25-23(28)17-30-27(33-25)31-21-9-6-19-7-10-22(11-8-20(19)15-21)34-12-4-5-13-34/h6,9,14-17,22H,4-5,7-8,10-13H2,1-3H3,(H2,29,30,31,32,33)/t22-/m0/s1. The first-order chi connectivity index (χ1) is 17.3. The van der Waals surface area contributed by atoms with Crippen LogP contribution >= 0.6 is 18.7 Å². The Kier molecular flexibility index (Phi) is 7.34. The molecule has 1 aromatic carbocycles. The molecule has 7 nitrogen and oxygen atoms in total. The lowest BCUT2D eigenvalue weighted by Crippen LogP contribution is -2.32. The largest absolute Gasteiger partial charge is 0.324 e. The molecule has 3 aromatic rings. The maximum absolute atomic E-state index is 12.8. The van der Waals surface area contributed by atoms with E-state index in [0.29, 0.717) is 34.0 Å². The van der Waals surface area contributed by atoms with Crippen LogP contribution in [0.3, 0.4) is 0 Å². The van der Waals surface area contributed by atoms with Crippen LogP contribution < -0.4 is 15.9 Å². The SMILES string of the molecule is Cc1cnc(Nc2nc(Nc3ccc4c(c3)CC[C@@H](N3CCCC3)CC4)ncc2Cl)c(P(C)(C)=O)c1. The minimum atomic E-state index is -2.56. The number of anilines is 4. The number of aryl methyl sites for hydroxylation is 3. The van der Waals surface area contributed by atoms with Crippen molar-refractivity contribution < 1.29 is 4.57 Å². The minimum Gasteiger partial charge on any atom is -0.324 e. The molecule has 0 radical (unpaired) electrons. The Labute approximate surface area is 218 Å². The molecule has 0 amide bonds. The molecule has 2 N–H and O–H groups in total. The number of fused-ring (bicyclic) bond motifs is 1. The fourth-order valence-electron chi connectivity index (χ4n) is 5.26. The first-order valence-corrected chi connectivity index (χ1v) is 15.7. The summed E-state index contributed by atoms with van der Waals surface area (Å²) in [5.74, 6) is 1.36. The quantitative estimate of drug-likeness (QED) is 0.306. The summed E-state index contributed by atoms with van der Waals surface area (Å²) < 4.78 is 12.8. The molecule has 190 valence electrons. The van der Waals surface area contributed by atoms with Crippen molar-refractivity contribution in [2.75, 3.05) is 37.1 Å². The molecule has 0 bridgehead atoms. The van der Waals surface area contributed by atoms with Gasteiger partial charge in [-0.1, -0.05) is 17.7 Å². The number of rotatable bonds is 6. The molecule has 1 atom stereocenters. The Morgan fingerprint density at radius 3 is 2.47 bits per heavy atom. The number of aromatic nitrogens is 3. The van der Waals surface area contributed by atoms with Gasteiger partial charge in [0.25, 0.3) is 0 Å². The molecular formula is C27H34ClN6OP. The molecule has 0 spiro atoms. The Morgan fingerprint density at radius 2 is 1.72 bits per heavy atom. The molecule has 1 aliphatic heterocycles. The highest BCUT2D eigenvalue weighted by Gasteiger charge is 2.24. The Morgan fingerprint density at radius 1 is 0.972 bits per heavy atom. The number of hydrogen-bond donors (Lipinski definition) is 2. The van der Waals surface area contributed by atoms with E-state index in [0.717, 1.165) is 24.1 Å². The van der Waals surface area contributed by atoms with Gasteiger partial charge in [0, 0.05) is 17.9 Å². The molecule has 1 fully saturated rings. The van der Waals surface area contributed by atoms with Crippen LogP contribution in [0.2, 0.25) is 5.02 Å². The summed E-state index contributed by atoms with van der Waals surface area (Å²) in [4.78, 5) is 16.1. The van der Waals surface area contributed by atoms with Gasteiger partial charge in [-0.25, -0.2) is 9.97 Å². The lowest BCUT2D eigenvalue weighted by molar-refractivity contribution is 0.222. The predicted octanol–water partition coefficient (Wildman–Crippen LogP) is 5.91. The molecule has 9 heteroatoms. The average Bonchev–Trinajstić information content (AvgIpc) is 3.29. The summed E-state index contributed by atoms with van der Waals surface area (Å²) in [6.07, 6.45) is 10.7. The smallest absolute Gasteiger partial charge is 0.229 e. The molecule has 2 aliphatic rings. The minimum absolute atomic E-state index is 0.366. The van der Waals surface area contributed by atoms with Gasteiger partial charge in [-0.3, -0.25) is 0 Å². The zero-order chi connectivity index (χ0) is 25.3. The zero-order valence-corrected chi connectivity index (χ0v) is 22.9. The van der Waals surface area contributed by atoms with Gasteiger partial charge in [0.2, 0.25) is 5.95 Å². The van der Waals surface area contributed by atoms with Crippen molar-refractivity contribution in [3.63, 3.8) is 0 Å². The monoisotopic (exact) mass is 524 g/mol. The average molecular weight is 525 g/mol. The summed E-state index contributed by atoms with van der Waals surface area (Å²) in [5, 5.41) is 7.56. The van der Waals surface area contributed by atoms with E-state index in [1.165, 1.54) is 49.9 Å². The van der Waals surface area contributed by atoms with E-state index in [2.05, 4.69) is 48.7 Å². The van der Waals surface area contributed by atoms with Crippen LogP contribution in [0.25, 0.3) is 0 Å². The van der Waals surface area contributed by atoms with Crippen molar-refractivity contribution in [2.24, 2.45) is 0 Å². The maximum atomic E-state index is 12.8. The van der Waals surface area contributed by atoms with E-state index in [-0.39, 0.29) is 0 Å². The second-order valence-electron chi connectivity index (χ2n) is 10.3. The Bertz CT molecular complexity index is 1300. The Balaban J connectivity index is 1.33. The van der Waals surface area contributed by atoms with E-state index in [1.54, 1.807) is 25.7 Å². The molecule has 5 rings (SSSR count). The van der Waals surface area contributed by atoms with E-state index in [9.17, 15) is 4.57 Å². The second-order valence-corrected chi connectivity index (χ2v) is 13.9. The number of nitrogens with one attached hydrogen (secondary N) is 2. The highest BCUT2D eigenvalue weighted by molar-refractivity contribution is 7.70. The van der Waals surface area contributed by atoms with Gasteiger partial charge < -0.3 is 20.1 Å². The van der Waals surface area contributed by atoms with Crippen molar-refractivity contribution in [1.29, 1.82) is 0 Å². The van der Waals surface area contributed by atoms with Gasteiger partial charge in [-0.2, -0.15) is 4.98 Å². The van der Waals surface area contributed by atoms with Crippen LogP contribution in [0.15, 0.2) is 36.7 Å². The van der Waals surface area contributed by atoms with E-state index in [4.69, 9.17) is 11.6 Å². The zero-order valence-electron chi connectivity index (χ0n) is 21.2. The molecule has 3 heterocycles. The van der Waals surface area contributed by atoms with Crippen LogP contribution in [-0.4, -0.2) is 52.3 Å². The van der Waals surface area contributed by atoms with Crippen LogP contribution in [-0.2, 0) is 17.4 Å². The van der Waals surface area contributed by atoms with Crippen LogP contribution in [0.5, 0.6) is 0 Å². The van der Waals surface area contributed by atoms with Gasteiger partial charge in [0.05, 0.1) is 11.5 Å². The third-order valence-electron chi connectivity index (χ3n) is 7.18. The summed E-state index contributed by atoms with van der Waals surface area (Å²) in [6.45, 7) is 7.91. The lowest BCUT2D eigenvalue weighted by atomic mass is 10.0. The summed E-state index contributed by atoms with van der Waals surface area (Å²) in [5.41, 5.74) is 4.76. The number of halogens is 1. The number of benzene rings is 1. The molecule has 36 heavy (non-hydrogen) atoms. The van der Waals surface area contributed by atoms with Gasteiger partial charge in [0.1, 0.15) is 18.0 Å². The number of nitrogens with zero attached hydrogens (tertiary/aromatic N) is 4. The van der Waals surface area contributed by atoms with Crippen molar-refractivity contribution in [2.45, 2.75) is 51.5 Å². The van der Waals surface area contributed by atoms with E-state index < -0.39 is 7.14 Å². The van der Waals surface area contributed by atoms with Crippen molar-refractivity contribution in [3.8, 4) is 0 Å². The van der Waals surface area contributed by atoms with Gasteiger partial charge >= 0.3 is 0 Å². The summed E-state index contributed by atoms with van der Waals surface area (Å²) >= 11 is 6.41. The summed E-state index contributed by atoms with van der Waals surface area (Å²) in [7, 11) is -2.56. The van der Waals surface area contributed by atoms with E-state index in [1.807, 2.05) is 13.0 Å². The third kappa shape index (κ3) is 5.74. The molecule has 1 saturated heterocycles. The predicted molar refractivity (Wildman–Crippen MR) is 149 cm³/mol. The highest BCUT2D eigenvalue weighted by atomic mass is 35.5. The normalized spacial score (nSPS) is 18.5. The first-order valence-electron chi connectivity index (χ1n) is 12.7. The topological polar surface area (TPSA) is 83.0 Å². The first kappa shape index (κ1) is 25.2. The van der Waals surface area contributed by atoms with Gasteiger partial charge in [-0.05, 0) is 107 Å². The van der Waals surface area contributed by atoms with Crippen LogP contribution in [0, 0.1) is 6.92 Å². The second kappa shape index (κ2) is 10.5. The van der Waals surface area contributed by atoms with Gasteiger partial charge in [-0.15, -0.1) is 0 Å². The summed E-state index contributed by atoms with van der Waals surface area (Å²) in [6, 6.07) is 9.17. The molecule has 0 saturated carbocycles. The van der Waals surface area contributed by atoms with E-state index >= 15 is 0 Å². The highest BCUT2D eigenvalue weighted by Crippen LogP contribution is 2.38. The fraction of sp³-hybridized carbons (Fsp3) is 0.444. The number of hydrogen-bond acceptors (Lipinski definition) is 7. The molecule has 1 aliphatic carbocycles. The number of pyridine rings is 1. The lowest BCUT2D eigenvalue weighted by Gasteiger charge is -2.25. The van der Waals surface area contributed by atoms with Crippen molar-refractivity contribution >= 4 is 47.3 Å². The van der Waals surface area contributed by atoms with Crippen LogP contribution in [0.4, 0.5) is 23.3 Å². The molecular weight excluding hydrogens is 491 g/mol. The third-order valence-corrected chi connectivity index (χ3v) is 8.96. The number of likely N-dealkylation sites (tertiary alicyclic amines) is 1. The Hall–Kier alpha value is -2.47. The van der Waals surface area contributed by atoms with Crippen LogP contribution in [0.1, 0.15) is 42.4 Å². The molecule has 2 aromatic heterocycles. The fourth-order valence-corrected chi connectivity index (χ4v) is 6.53.